The average molecular weight is 312 g/mol. The maximum atomic E-state index is 12.6. The van der Waals surface area contributed by atoms with E-state index in [2.05, 4.69) is 6.92 Å². The molecule has 1 aromatic carbocycles. The van der Waals surface area contributed by atoms with E-state index in [1.165, 1.54) is 0 Å². The van der Waals surface area contributed by atoms with Gasteiger partial charge in [-0.05, 0) is 43.5 Å². The van der Waals surface area contributed by atoms with Crippen molar-refractivity contribution < 1.29 is 9.21 Å². The molecule has 0 bridgehead atoms. The second-order valence-corrected chi connectivity index (χ2v) is 6.41. The number of nitrogens with two attached hydrogens (primary N) is 1. The highest BCUT2D eigenvalue weighted by Gasteiger charge is 2.32. The van der Waals surface area contributed by atoms with Crippen LogP contribution in [-0.4, -0.2) is 29.9 Å². The number of nitrogens with zero attached hydrogens (tertiary/aromatic N) is 1. The Morgan fingerprint density at radius 2 is 1.96 bits per heavy atom. The van der Waals surface area contributed by atoms with Crippen LogP contribution < -0.4 is 5.73 Å². The first-order valence-corrected chi connectivity index (χ1v) is 8.30. The zero-order valence-electron chi connectivity index (χ0n) is 13.8. The second kappa shape index (κ2) is 6.59. The molecule has 1 aliphatic rings. The number of aryl methyl sites for hydroxylation is 1. The van der Waals surface area contributed by atoms with E-state index in [1.807, 2.05) is 48.2 Å². The minimum absolute atomic E-state index is 0.0706. The lowest BCUT2D eigenvalue weighted by molar-refractivity contribution is 0.0785. The summed E-state index contributed by atoms with van der Waals surface area (Å²) in [7, 11) is 0. The highest BCUT2D eigenvalue weighted by atomic mass is 16.3. The first-order chi connectivity index (χ1) is 11.1. The molecule has 0 aliphatic carbocycles. The Kier molecular flexibility index (Phi) is 4.53. The Morgan fingerprint density at radius 1 is 1.22 bits per heavy atom. The van der Waals surface area contributed by atoms with Gasteiger partial charge in [-0.15, -0.1) is 0 Å². The molecule has 122 valence electrons. The van der Waals surface area contributed by atoms with Crippen molar-refractivity contribution in [1.29, 1.82) is 0 Å². The third-order valence-corrected chi connectivity index (χ3v) is 4.60. The maximum Gasteiger partial charge on any atom is 0.253 e. The Balaban J connectivity index is 1.71. The maximum absolute atomic E-state index is 12.6. The predicted molar refractivity (Wildman–Crippen MR) is 91.2 cm³/mol. The molecular formula is C19H24N2O2. The van der Waals surface area contributed by atoms with Gasteiger partial charge in [-0.25, -0.2) is 0 Å². The molecule has 23 heavy (non-hydrogen) atoms. The number of rotatable bonds is 4. The van der Waals surface area contributed by atoms with Gasteiger partial charge >= 0.3 is 0 Å². The zero-order valence-corrected chi connectivity index (χ0v) is 13.8. The van der Waals surface area contributed by atoms with Crippen LogP contribution in [0.25, 0.3) is 11.3 Å². The van der Waals surface area contributed by atoms with Crippen molar-refractivity contribution in [2.75, 3.05) is 13.1 Å². The van der Waals surface area contributed by atoms with Crippen molar-refractivity contribution in [2.45, 2.75) is 32.7 Å². The fraction of sp³-hybridized carbons (Fsp3) is 0.421. The molecule has 3 rings (SSSR count). The summed E-state index contributed by atoms with van der Waals surface area (Å²) in [6, 6.07) is 11.6. The Labute approximate surface area is 137 Å². The van der Waals surface area contributed by atoms with Crippen LogP contribution in [0.15, 0.2) is 40.8 Å². The molecule has 0 radical (unpaired) electrons. The van der Waals surface area contributed by atoms with Crippen LogP contribution in [0.1, 0.15) is 35.9 Å². The summed E-state index contributed by atoms with van der Waals surface area (Å²) in [6.07, 6.45) is 2.19. The molecule has 1 aliphatic heterocycles. The lowest BCUT2D eigenvalue weighted by atomic mass is 9.99. The number of likely N-dealkylation sites (tertiary alicyclic amines) is 1. The summed E-state index contributed by atoms with van der Waals surface area (Å²) in [5, 5.41) is 0. The monoisotopic (exact) mass is 312 g/mol. The number of furan rings is 1. The average Bonchev–Trinajstić information content (AvgIpc) is 3.14. The number of hydrogen-bond acceptors (Lipinski definition) is 3. The van der Waals surface area contributed by atoms with E-state index >= 15 is 0 Å². The van der Waals surface area contributed by atoms with Crippen LogP contribution in [0.3, 0.4) is 0 Å². The molecule has 1 aromatic heterocycles. The molecule has 4 nitrogen and oxygen atoms in total. The fourth-order valence-electron chi connectivity index (χ4n) is 3.29. The summed E-state index contributed by atoms with van der Waals surface area (Å²) < 4.78 is 5.61. The summed E-state index contributed by atoms with van der Waals surface area (Å²) in [5.41, 5.74) is 7.86. The minimum Gasteiger partial charge on any atom is -0.461 e. The molecule has 2 heterocycles. The molecule has 0 saturated carbocycles. The van der Waals surface area contributed by atoms with Crippen molar-refractivity contribution in [3.63, 3.8) is 0 Å². The van der Waals surface area contributed by atoms with Gasteiger partial charge in [-0.1, -0.05) is 25.5 Å². The molecule has 2 atom stereocenters. The molecular weight excluding hydrogens is 288 g/mol. The van der Waals surface area contributed by atoms with Gasteiger partial charge in [0.25, 0.3) is 5.91 Å². The van der Waals surface area contributed by atoms with E-state index in [4.69, 9.17) is 10.2 Å². The molecule has 0 spiro atoms. The standard InChI is InChI=1S/C19H24N2O2/c1-3-4-16-11-21(12-17(16)20)19(22)15-8-6-14(7-9-15)18-10-5-13(2)23-18/h5-10,16-17H,3-4,11-12,20H2,1-2H3/t16-,17-/m1/s1. The first kappa shape index (κ1) is 15.8. The van der Waals surface area contributed by atoms with E-state index < -0.39 is 0 Å². The summed E-state index contributed by atoms with van der Waals surface area (Å²) >= 11 is 0. The second-order valence-electron chi connectivity index (χ2n) is 6.41. The lowest BCUT2D eigenvalue weighted by Crippen LogP contribution is -2.32. The smallest absolute Gasteiger partial charge is 0.253 e. The van der Waals surface area contributed by atoms with Gasteiger partial charge in [0, 0.05) is 30.3 Å². The molecule has 1 fully saturated rings. The minimum atomic E-state index is 0.0706. The van der Waals surface area contributed by atoms with Gasteiger partial charge in [0.15, 0.2) is 0 Å². The van der Waals surface area contributed by atoms with Crippen LogP contribution >= 0.6 is 0 Å². The SMILES string of the molecule is CCC[C@@H]1CN(C(=O)c2ccc(-c3ccc(C)o3)cc2)C[C@H]1N. The molecule has 2 N–H and O–H groups in total. The molecule has 4 heteroatoms. The third-order valence-electron chi connectivity index (χ3n) is 4.60. The van der Waals surface area contributed by atoms with E-state index in [0.29, 0.717) is 18.0 Å². The van der Waals surface area contributed by atoms with Gasteiger partial charge in [0.2, 0.25) is 0 Å². The van der Waals surface area contributed by atoms with Crippen molar-refractivity contribution in [1.82, 2.24) is 4.90 Å². The molecule has 0 unspecified atom stereocenters. The highest BCUT2D eigenvalue weighted by Crippen LogP contribution is 2.25. The number of benzene rings is 1. The number of hydrogen-bond donors (Lipinski definition) is 1. The van der Waals surface area contributed by atoms with Crippen LogP contribution in [-0.2, 0) is 0 Å². The third kappa shape index (κ3) is 3.32. The van der Waals surface area contributed by atoms with Gasteiger partial charge < -0.3 is 15.1 Å². The van der Waals surface area contributed by atoms with Crippen molar-refractivity contribution in [3.8, 4) is 11.3 Å². The van der Waals surface area contributed by atoms with Crippen LogP contribution in [0, 0.1) is 12.8 Å². The number of carbonyl (C=O) groups excluding carboxylic acids is 1. The summed E-state index contributed by atoms with van der Waals surface area (Å²) in [5.74, 6) is 2.21. The first-order valence-electron chi connectivity index (χ1n) is 8.30. The molecule has 1 amide bonds. The number of carbonyl (C=O) groups is 1. The Bertz CT molecular complexity index is 675. The van der Waals surface area contributed by atoms with Crippen molar-refractivity contribution in [2.24, 2.45) is 11.7 Å². The van der Waals surface area contributed by atoms with E-state index in [-0.39, 0.29) is 11.9 Å². The lowest BCUT2D eigenvalue weighted by Gasteiger charge is -2.16. The van der Waals surface area contributed by atoms with Crippen LogP contribution in [0.2, 0.25) is 0 Å². The normalized spacial score (nSPS) is 20.9. The summed E-state index contributed by atoms with van der Waals surface area (Å²) in [4.78, 5) is 14.5. The quantitative estimate of drug-likeness (QED) is 0.940. The summed E-state index contributed by atoms with van der Waals surface area (Å²) in [6.45, 7) is 5.51. The van der Waals surface area contributed by atoms with Crippen molar-refractivity contribution in [3.05, 3.63) is 47.7 Å². The van der Waals surface area contributed by atoms with Crippen molar-refractivity contribution >= 4 is 5.91 Å². The topological polar surface area (TPSA) is 59.5 Å². The van der Waals surface area contributed by atoms with E-state index in [9.17, 15) is 4.79 Å². The van der Waals surface area contributed by atoms with Crippen LogP contribution in [0.5, 0.6) is 0 Å². The predicted octanol–water partition coefficient (Wildman–Crippen LogP) is 3.45. The van der Waals surface area contributed by atoms with Gasteiger partial charge in [-0.2, -0.15) is 0 Å². The Hall–Kier alpha value is -2.07. The highest BCUT2D eigenvalue weighted by molar-refractivity contribution is 5.94. The van der Waals surface area contributed by atoms with E-state index in [0.717, 1.165) is 36.5 Å². The molecule has 1 saturated heterocycles. The van der Waals surface area contributed by atoms with Gasteiger partial charge in [-0.3, -0.25) is 4.79 Å². The zero-order chi connectivity index (χ0) is 16.4. The Morgan fingerprint density at radius 3 is 2.57 bits per heavy atom. The van der Waals surface area contributed by atoms with Gasteiger partial charge in [0.1, 0.15) is 11.5 Å². The largest absolute Gasteiger partial charge is 0.461 e. The molecule has 2 aromatic rings. The van der Waals surface area contributed by atoms with E-state index in [1.54, 1.807) is 0 Å². The number of amides is 1. The van der Waals surface area contributed by atoms with Gasteiger partial charge in [0.05, 0.1) is 0 Å². The van der Waals surface area contributed by atoms with Crippen LogP contribution in [0.4, 0.5) is 0 Å². The fourth-order valence-corrected chi connectivity index (χ4v) is 3.29.